The molecule has 1 saturated heterocycles. The Hall–Kier alpha value is -4.27. The van der Waals surface area contributed by atoms with Gasteiger partial charge in [-0.1, -0.05) is 30.0 Å². The van der Waals surface area contributed by atoms with Gasteiger partial charge in [-0.2, -0.15) is 10.5 Å². The number of anilines is 3. The number of nitrogens with two attached hydrogens (primary N) is 1. The van der Waals surface area contributed by atoms with Crippen LogP contribution in [0.4, 0.5) is 25.4 Å². The molecular weight excluding hydrogens is 582 g/mol. The number of aromatic nitrogens is 2. The van der Waals surface area contributed by atoms with Crippen LogP contribution in [0.15, 0.2) is 52.9 Å². The molecule has 1 aliphatic rings. The topological polar surface area (TPSA) is 139 Å². The molecule has 1 atom stereocenters. The largest absolute Gasteiger partial charge is 0.491 e. The van der Waals surface area contributed by atoms with Gasteiger partial charge in [-0.15, -0.1) is 11.3 Å². The smallest absolute Gasteiger partial charge is 0.187 e. The lowest BCUT2D eigenvalue weighted by molar-refractivity contribution is -0.141. The molecule has 0 saturated carbocycles. The molecule has 0 radical (unpaired) electrons. The molecule has 3 N–H and O–H groups in total. The van der Waals surface area contributed by atoms with Gasteiger partial charge < -0.3 is 25.3 Å². The maximum absolute atomic E-state index is 14.0. The molecule has 1 fully saturated rings. The molecule has 0 amide bonds. The van der Waals surface area contributed by atoms with Crippen LogP contribution in [-0.2, 0) is 15.2 Å². The Labute approximate surface area is 248 Å². The van der Waals surface area contributed by atoms with E-state index >= 15 is 0 Å². The first-order valence-electron chi connectivity index (χ1n) is 12.6. The van der Waals surface area contributed by atoms with Gasteiger partial charge in [0, 0.05) is 16.7 Å². The van der Waals surface area contributed by atoms with Gasteiger partial charge >= 0.3 is 0 Å². The van der Waals surface area contributed by atoms with E-state index in [1.54, 1.807) is 29.6 Å². The third kappa shape index (κ3) is 6.45. The minimum absolute atomic E-state index is 0.00228. The molecule has 4 aromatic rings. The van der Waals surface area contributed by atoms with E-state index in [9.17, 15) is 19.3 Å². The number of benzene rings is 2. The van der Waals surface area contributed by atoms with Crippen molar-refractivity contribution in [1.29, 1.82) is 10.5 Å². The lowest BCUT2D eigenvalue weighted by Crippen LogP contribution is -2.25. The summed E-state index contributed by atoms with van der Waals surface area (Å²) in [5.41, 5.74) is 8.03. The predicted octanol–water partition coefficient (Wildman–Crippen LogP) is 6.38. The number of thioether (sulfide) groups is 1. The number of halogens is 2. The van der Waals surface area contributed by atoms with Crippen molar-refractivity contribution in [3.8, 4) is 29.0 Å². The fourth-order valence-corrected chi connectivity index (χ4v) is 5.95. The molecule has 1 unspecified atom stereocenters. The highest BCUT2D eigenvalue weighted by Gasteiger charge is 2.33. The highest BCUT2D eigenvalue weighted by Crippen LogP contribution is 2.37. The lowest BCUT2D eigenvalue weighted by Gasteiger charge is -2.17. The zero-order valence-electron chi connectivity index (χ0n) is 22.5. The molecule has 42 heavy (non-hydrogen) atoms. The van der Waals surface area contributed by atoms with Gasteiger partial charge in [0.25, 0.3) is 0 Å². The minimum Gasteiger partial charge on any atom is -0.491 e. The average Bonchev–Trinajstić information content (AvgIpc) is 3.58. The Morgan fingerprint density at radius 3 is 2.60 bits per heavy atom. The van der Waals surface area contributed by atoms with Crippen molar-refractivity contribution in [3.63, 3.8) is 0 Å². The Bertz CT molecular complexity index is 1700. The predicted molar refractivity (Wildman–Crippen MR) is 155 cm³/mol. The molecule has 2 aromatic heterocycles. The molecule has 1 aliphatic heterocycles. The number of thiazole rings is 1. The molecule has 0 aliphatic carbocycles. The van der Waals surface area contributed by atoms with Crippen molar-refractivity contribution in [2.75, 3.05) is 24.3 Å². The number of ether oxygens (including phenoxy) is 3. The molecule has 13 heteroatoms. The SMILES string of the molecule is CC1(C)OCC(COc2ccc(-c3c(C#N)c(N)nc(SCc4csc(Nc5cccc(F)c5F)n4)c3C#N)cc2)O1. The first-order chi connectivity index (χ1) is 20.2. The number of pyridine rings is 1. The van der Waals surface area contributed by atoms with Crippen molar-refractivity contribution in [3.05, 3.63) is 76.3 Å². The summed E-state index contributed by atoms with van der Waals surface area (Å²) in [7, 11) is 0. The first kappa shape index (κ1) is 29.2. The van der Waals surface area contributed by atoms with E-state index in [1.165, 1.54) is 35.2 Å². The lowest BCUT2D eigenvalue weighted by atomic mass is 9.97. The van der Waals surface area contributed by atoms with Gasteiger partial charge in [-0.05, 0) is 43.7 Å². The van der Waals surface area contributed by atoms with Gasteiger partial charge in [0.05, 0.1) is 23.6 Å². The van der Waals surface area contributed by atoms with E-state index in [1.807, 2.05) is 13.8 Å². The van der Waals surface area contributed by atoms with Crippen molar-refractivity contribution >= 4 is 39.7 Å². The fourth-order valence-electron chi connectivity index (χ4n) is 4.23. The third-order valence-corrected chi connectivity index (χ3v) is 7.98. The van der Waals surface area contributed by atoms with E-state index in [0.717, 1.165) is 6.07 Å². The highest BCUT2D eigenvalue weighted by atomic mass is 32.2. The summed E-state index contributed by atoms with van der Waals surface area (Å²) in [4.78, 5) is 8.75. The van der Waals surface area contributed by atoms with E-state index in [-0.39, 0.29) is 28.7 Å². The van der Waals surface area contributed by atoms with Crippen LogP contribution >= 0.6 is 23.1 Å². The maximum Gasteiger partial charge on any atom is 0.187 e. The number of hydrogen-bond acceptors (Lipinski definition) is 11. The molecule has 9 nitrogen and oxygen atoms in total. The van der Waals surface area contributed by atoms with Crippen molar-refractivity contribution in [2.24, 2.45) is 0 Å². The Kier molecular flexibility index (Phi) is 8.56. The standard InChI is InChI=1S/C29H24F2N6O3S2/c1-29(2)39-13-19(40-29)12-38-18-8-6-16(7-9-18)24-20(10-32)26(34)37-27(21(24)11-33)41-14-17-15-42-28(35-17)36-23-5-3-4-22(30)25(23)31/h3-9,15,19H,12-14H2,1-2H3,(H2,34,37)(H,35,36). The van der Waals surface area contributed by atoms with Gasteiger partial charge in [0.2, 0.25) is 0 Å². The van der Waals surface area contributed by atoms with Crippen LogP contribution in [0, 0.1) is 34.3 Å². The average molecular weight is 607 g/mol. The van der Waals surface area contributed by atoms with Gasteiger partial charge in [0.1, 0.15) is 47.0 Å². The van der Waals surface area contributed by atoms with Crippen molar-refractivity contribution in [2.45, 2.75) is 36.5 Å². The molecule has 2 aromatic carbocycles. The zero-order valence-corrected chi connectivity index (χ0v) is 24.1. The molecular formula is C29H24F2N6O3S2. The van der Waals surface area contributed by atoms with Gasteiger partial charge in [-0.25, -0.2) is 18.7 Å². The Morgan fingerprint density at radius 1 is 1.14 bits per heavy atom. The number of nitriles is 2. The van der Waals surface area contributed by atoms with E-state index in [4.69, 9.17) is 19.9 Å². The number of nitrogens with zero attached hydrogens (tertiary/aromatic N) is 4. The molecule has 3 heterocycles. The molecule has 5 rings (SSSR count). The molecule has 0 bridgehead atoms. The molecule has 0 spiro atoms. The van der Waals surface area contributed by atoms with E-state index in [2.05, 4.69) is 27.4 Å². The highest BCUT2D eigenvalue weighted by molar-refractivity contribution is 7.98. The summed E-state index contributed by atoms with van der Waals surface area (Å²) in [6.45, 7) is 4.43. The number of rotatable bonds is 9. The summed E-state index contributed by atoms with van der Waals surface area (Å²) in [6.07, 6.45) is -0.193. The normalized spacial score (nSPS) is 15.6. The Balaban J connectivity index is 1.32. The Morgan fingerprint density at radius 2 is 1.90 bits per heavy atom. The second kappa shape index (κ2) is 12.3. The maximum atomic E-state index is 14.0. The third-order valence-electron chi connectivity index (χ3n) is 6.16. The number of nitrogen functional groups attached to an aromatic ring is 1. The summed E-state index contributed by atoms with van der Waals surface area (Å²) in [5.74, 6) is -1.70. The number of nitrogens with one attached hydrogen (secondary N) is 1. The quantitative estimate of drug-likeness (QED) is 0.206. The second-order valence-corrected chi connectivity index (χ2v) is 11.4. The van der Waals surface area contributed by atoms with Crippen LogP contribution in [-0.4, -0.2) is 35.1 Å². The zero-order chi connectivity index (χ0) is 29.9. The van der Waals surface area contributed by atoms with Crippen LogP contribution < -0.4 is 15.8 Å². The van der Waals surface area contributed by atoms with E-state index in [0.29, 0.717) is 51.7 Å². The van der Waals surface area contributed by atoms with Crippen LogP contribution in [0.3, 0.4) is 0 Å². The van der Waals surface area contributed by atoms with Crippen LogP contribution in [0.2, 0.25) is 0 Å². The van der Waals surface area contributed by atoms with Crippen molar-refractivity contribution < 1.29 is 23.0 Å². The van der Waals surface area contributed by atoms with Crippen molar-refractivity contribution in [1.82, 2.24) is 9.97 Å². The number of hydrogen-bond donors (Lipinski definition) is 2. The second-order valence-electron chi connectivity index (χ2n) is 9.60. The van der Waals surface area contributed by atoms with Crippen LogP contribution in [0.25, 0.3) is 11.1 Å². The summed E-state index contributed by atoms with van der Waals surface area (Å²) < 4.78 is 44.7. The fraction of sp³-hybridized carbons (Fsp3) is 0.241. The molecule has 214 valence electrons. The van der Waals surface area contributed by atoms with E-state index < -0.39 is 17.4 Å². The minimum atomic E-state index is -0.992. The van der Waals surface area contributed by atoms with Gasteiger partial charge in [0.15, 0.2) is 22.6 Å². The van der Waals surface area contributed by atoms with Crippen LogP contribution in [0.5, 0.6) is 5.75 Å². The first-order valence-corrected chi connectivity index (χ1v) is 14.5. The summed E-state index contributed by atoms with van der Waals surface area (Å²) in [6, 6.07) is 15.1. The van der Waals surface area contributed by atoms with Gasteiger partial charge in [-0.3, -0.25) is 0 Å². The summed E-state index contributed by atoms with van der Waals surface area (Å²) >= 11 is 2.45. The van der Waals surface area contributed by atoms with Crippen LogP contribution in [0.1, 0.15) is 30.7 Å². The summed E-state index contributed by atoms with van der Waals surface area (Å²) in [5, 5.41) is 25.2. The monoisotopic (exact) mass is 606 g/mol.